The van der Waals surface area contributed by atoms with Gasteiger partial charge in [-0.25, -0.2) is 0 Å². The molecule has 0 bridgehead atoms. The molecule has 0 aliphatic rings. The second-order valence-corrected chi connectivity index (χ2v) is 12.7. The van der Waals surface area contributed by atoms with Gasteiger partial charge in [-0.2, -0.15) is 5.26 Å². The molecule has 9 aromatic rings. The van der Waals surface area contributed by atoms with Crippen LogP contribution in [-0.2, 0) is 4.79 Å². The molecule has 1 amide bonds. The van der Waals surface area contributed by atoms with Crippen LogP contribution in [0.5, 0.6) is 0 Å². The fraction of sp³-hybridized carbons (Fsp3) is 0. The molecule has 0 radical (unpaired) electrons. The molecular formula is C46H28N4O2. The molecule has 7 aromatic carbocycles. The monoisotopic (exact) mass is 668 g/mol. The summed E-state index contributed by atoms with van der Waals surface area (Å²) in [5, 5.41) is 16.2. The van der Waals surface area contributed by atoms with Crippen molar-refractivity contribution in [3.05, 3.63) is 180 Å². The van der Waals surface area contributed by atoms with Crippen LogP contribution in [0.2, 0.25) is 0 Å². The summed E-state index contributed by atoms with van der Waals surface area (Å²) in [6.07, 6.45) is 1.40. The van der Waals surface area contributed by atoms with Crippen LogP contribution in [0.1, 0.15) is 5.56 Å². The van der Waals surface area contributed by atoms with Gasteiger partial charge in [-0.1, -0.05) is 97.1 Å². The summed E-state index contributed by atoms with van der Waals surface area (Å²) >= 11 is 0. The molecule has 0 spiro atoms. The molecule has 0 saturated heterocycles. The Morgan fingerprint density at radius 1 is 0.500 bits per heavy atom. The summed E-state index contributed by atoms with van der Waals surface area (Å²) in [4.78, 5) is 22.7. The molecule has 0 fully saturated rings. The van der Waals surface area contributed by atoms with E-state index >= 15 is 0 Å². The van der Waals surface area contributed by atoms with Crippen molar-refractivity contribution >= 4 is 55.6 Å². The molecule has 6 heteroatoms. The van der Waals surface area contributed by atoms with Crippen molar-refractivity contribution in [3.8, 4) is 39.7 Å². The predicted octanol–water partition coefficient (Wildman–Crippen LogP) is 11.4. The Morgan fingerprint density at radius 2 is 0.962 bits per heavy atom. The molecule has 0 N–H and O–H groups in total. The van der Waals surface area contributed by atoms with Gasteiger partial charge in [0.25, 0.3) is 0 Å². The molecule has 0 unspecified atom stereocenters. The van der Waals surface area contributed by atoms with Crippen LogP contribution in [0.15, 0.2) is 175 Å². The van der Waals surface area contributed by atoms with Gasteiger partial charge in [0.1, 0.15) is 11.6 Å². The molecule has 6 nitrogen and oxygen atoms in total. The van der Waals surface area contributed by atoms with Crippen molar-refractivity contribution < 1.29 is 4.79 Å². The van der Waals surface area contributed by atoms with Crippen molar-refractivity contribution in [3.63, 3.8) is 0 Å². The zero-order chi connectivity index (χ0) is 35.2. The van der Waals surface area contributed by atoms with Crippen LogP contribution in [0.4, 0.5) is 0 Å². The Labute approximate surface area is 298 Å². The van der Waals surface area contributed by atoms with Crippen molar-refractivity contribution in [2.75, 3.05) is 0 Å². The van der Waals surface area contributed by atoms with Crippen LogP contribution in [-0.4, -0.2) is 15.0 Å². The number of fused-ring (bicyclic) bond motifs is 6. The Hall–Kier alpha value is -7.36. The average Bonchev–Trinajstić information content (AvgIpc) is 3.72. The lowest BCUT2D eigenvalue weighted by atomic mass is 10.0. The first-order valence-electron chi connectivity index (χ1n) is 16.9. The van der Waals surface area contributed by atoms with Crippen LogP contribution >= 0.6 is 0 Å². The van der Waals surface area contributed by atoms with Gasteiger partial charge < -0.3 is 9.13 Å². The van der Waals surface area contributed by atoms with E-state index < -0.39 is 5.91 Å². The topological polar surface area (TPSA) is 80.2 Å². The Bertz CT molecular complexity index is 2830. The average molecular weight is 669 g/mol. The van der Waals surface area contributed by atoms with E-state index in [0.29, 0.717) is 5.56 Å². The largest absolute Gasteiger partial charge is 0.327 e. The number of nitrogens with zero attached hydrogens (tertiary/aromatic N) is 4. The lowest BCUT2D eigenvalue weighted by Crippen LogP contribution is -1.97. The maximum atomic E-state index is 11.8. The number of amides is 1. The number of nitriles is 1. The van der Waals surface area contributed by atoms with Gasteiger partial charge in [0.15, 0.2) is 0 Å². The Kier molecular flexibility index (Phi) is 7.38. The van der Waals surface area contributed by atoms with E-state index in [-0.39, 0.29) is 5.57 Å². The number of hydrogen-bond acceptors (Lipinski definition) is 3. The molecule has 0 atom stereocenters. The summed E-state index contributed by atoms with van der Waals surface area (Å²) in [5.41, 5.74) is 11.4. The minimum Gasteiger partial charge on any atom is -0.309 e. The third kappa shape index (κ3) is 5.08. The summed E-state index contributed by atoms with van der Waals surface area (Å²) in [6, 6.07) is 58.8. The summed E-state index contributed by atoms with van der Waals surface area (Å²) in [6.45, 7) is 0. The zero-order valence-corrected chi connectivity index (χ0v) is 27.8. The number of aromatic nitrogens is 2. The number of carbonyl (C=O) groups excluding carboxylic acids is 1. The zero-order valence-electron chi connectivity index (χ0n) is 27.8. The first-order valence-corrected chi connectivity index (χ1v) is 16.9. The van der Waals surface area contributed by atoms with Crippen LogP contribution in [0.3, 0.4) is 0 Å². The quantitative estimate of drug-likeness (QED) is 0.100. The summed E-state index contributed by atoms with van der Waals surface area (Å²) < 4.78 is 4.56. The van der Waals surface area contributed by atoms with Gasteiger partial charge >= 0.3 is 5.91 Å². The van der Waals surface area contributed by atoms with Gasteiger partial charge in [-0.05, 0) is 101 Å². The predicted molar refractivity (Wildman–Crippen MR) is 210 cm³/mol. The maximum Gasteiger partial charge on any atom is 0.327 e. The van der Waals surface area contributed by atoms with E-state index in [0.717, 1.165) is 44.2 Å². The molecule has 244 valence electrons. The second kappa shape index (κ2) is 12.5. The Morgan fingerprint density at radius 3 is 1.48 bits per heavy atom. The smallest absolute Gasteiger partial charge is 0.309 e. The third-order valence-electron chi connectivity index (χ3n) is 9.79. The van der Waals surface area contributed by atoms with Crippen molar-refractivity contribution in [1.82, 2.24) is 9.13 Å². The first-order chi connectivity index (χ1) is 25.6. The first kappa shape index (κ1) is 30.7. The minimum atomic E-state index is -1.08. The molecule has 2 heterocycles. The lowest BCUT2D eigenvalue weighted by Gasteiger charge is -2.12. The number of rotatable bonds is 6. The highest BCUT2D eigenvalue weighted by molar-refractivity contribution is 6.12. The fourth-order valence-electron chi connectivity index (χ4n) is 7.39. The highest BCUT2D eigenvalue weighted by atomic mass is 16.3. The van der Waals surface area contributed by atoms with E-state index in [1.54, 1.807) is 6.07 Å². The van der Waals surface area contributed by atoms with E-state index in [9.17, 15) is 15.0 Å². The van der Waals surface area contributed by atoms with E-state index in [1.807, 2.05) is 42.5 Å². The SMILES string of the molecule is N#C/C(=C\c1ccc2c(c1)c1ccccc1n2-c1ccc(-n2c3ccc(-c4ccccc4)cc3c3cc(-c4ccccc4)ccc32)cc1)C(=O)N=O. The number of para-hydroxylation sites is 1. The third-order valence-corrected chi connectivity index (χ3v) is 9.79. The van der Waals surface area contributed by atoms with Gasteiger partial charge in [-0.3, -0.25) is 4.79 Å². The van der Waals surface area contributed by atoms with E-state index in [1.165, 1.54) is 39.1 Å². The maximum absolute atomic E-state index is 11.8. The van der Waals surface area contributed by atoms with Crippen LogP contribution < -0.4 is 0 Å². The van der Waals surface area contributed by atoms with Gasteiger partial charge in [0, 0.05) is 38.1 Å². The minimum absolute atomic E-state index is 0.300. The number of nitroso groups, excluding NO2 is 1. The van der Waals surface area contributed by atoms with Crippen molar-refractivity contribution in [2.24, 2.45) is 5.18 Å². The van der Waals surface area contributed by atoms with Gasteiger partial charge in [0.05, 0.1) is 22.1 Å². The summed E-state index contributed by atoms with van der Waals surface area (Å²) in [7, 11) is 0. The van der Waals surface area contributed by atoms with Crippen molar-refractivity contribution in [2.45, 2.75) is 0 Å². The lowest BCUT2D eigenvalue weighted by molar-refractivity contribution is -0.114. The highest BCUT2D eigenvalue weighted by Gasteiger charge is 2.17. The van der Waals surface area contributed by atoms with Crippen LogP contribution in [0.25, 0.3) is 83.3 Å². The van der Waals surface area contributed by atoms with Crippen molar-refractivity contribution in [1.29, 1.82) is 5.26 Å². The van der Waals surface area contributed by atoms with E-state index in [2.05, 4.69) is 136 Å². The molecule has 0 aliphatic heterocycles. The summed E-state index contributed by atoms with van der Waals surface area (Å²) in [5.74, 6) is -1.08. The molecule has 9 rings (SSSR count). The number of hydrogen-bond donors (Lipinski definition) is 0. The van der Waals surface area contributed by atoms with Gasteiger partial charge in [-0.15, -0.1) is 4.91 Å². The van der Waals surface area contributed by atoms with E-state index in [4.69, 9.17) is 0 Å². The van der Waals surface area contributed by atoms with Crippen LogP contribution in [0, 0.1) is 16.2 Å². The van der Waals surface area contributed by atoms with Gasteiger partial charge in [0.2, 0.25) is 0 Å². The molecule has 52 heavy (non-hydrogen) atoms. The molecule has 0 aliphatic carbocycles. The Balaban J connectivity index is 1.19. The number of carbonyl (C=O) groups is 1. The molecule has 0 saturated carbocycles. The fourth-order valence-corrected chi connectivity index (χ4v) is 7.39. The second-order valence-electron chi connectivity index (χ2n) is 12.7. The molecule has 2 aromatic heterocycles. The standard InChI is InChI=1S/C46H28N4O2/c47-29-35(46(51)48-52)25-30-15-22-43-39(26-30)38-13-7-8-14-42(38)49(43)36-18-20-37(21-19-36)50-44-23-16-33(31-9-3-1-4-10-31)27-40(44)41-28-34(17-24-45(41)50)32-11-5-2-6-12-32/h1-28H/b35-25+. The normalized spacial score (nSPS) is 11.7. The number of benzene rings is 7. The molecular weight excluding hydrogens is 641 g/mol. The highest BCUT2D eigenvalue weighted by Crippen LogP contribution is 2.38.